The number of hydrogen-bond donors (Lipinski definition) is 1. The lowest BCUT2D eigenvalue weighted by molar-refractivity contribution is -0.139. The molecule has 0 atom stereocenters. The highest BCUT2D eigenvalue weighted by molar-refractivity contribution is 5.71. The number of hydrogen-bond acceptors (Lipinski definition) is 3. The molecule has 3 nitrogen and oxygen atoms in total. The molecule has 0 spiro atoms. The second kappa shape index (κ2) is 2.58. The molecular formula is C7H13NO2. The molecule has 0 aromatic rings. The van der Waals surface area contributed by atoms with Gasteiger partial charge in [0.2, 0.25) is 0 Å². The standard InChI is InChI=1S/C7H13NO2/c1-7(3-4-7)8-5-6(9)10-2/h8H,3-5H2,1-2H3. The monoisotopic (exact) mass is 143 g/mol. The van der Waals surface area contributed by atoms with Gasteiger partial charge < -0.3 is 10.1 Å². The molecule has 0 bridgehead atoms. The first kappa shape index (κ1) is 7.54. The highest BCUT2D eigenvalue weighted by atomic mass is 16.5. The molecule has 0 aromatic carbocycles. The van der Waals surface area contributed by atoms with E-state index in [1.165, 1.54) is 20.0 Å². The number of methoxy groups -OCH3 is 1. The molecule has 1 aliphatic carbocycles. The second-order valence-electron chi connectivity index (χ2n) is 2.99. The molecule has 0 unspecified atom stereocenters. The second-order valence-corrected chi connectivity index (χ2v) is 2.99. The van der Waals surface area contributed by atoms with Crippen molar-refractivity contribution in [2.75, 3.05) is 13.7 Å². The van der Waals surface area contributed by atoms with Crippen LogP contribution in [0.5, 0.6) is 0 Å². The van der Waals surface area contributed by atoms with Gasteiger partial charge >= 0.3 is 5.97 Å². The van der Waals surface area contributed by atoms with Crippen LogP contribution in [-0.4, -0.2) is 25.2 Å². The summed E-state index contributed by atoms with van der Waals surface area (Å²) in [6.45, 7) is 2.45. The summed E-state index contributed by atoms with van der Waals surface area (Å²) in [5.41, 5.74) is 0.230. The van der Waals surface area contributed by atoms with Crippen molar-refractivity contribution in [3.05, 3.63) is 0 Å². The van der Waals surface area contributed by atoms with E-state index < -0.39 is 0 Å². The van der Waals surface area contributed by atoms with Crippen LogP contribution in [0.1, 0.15) is 19.8 Å². The zero-order chi connectivity index (χ0) is 7.61. The molecule has 1 fully saturated rings. The highest BCUT2D eigenvalue weighted by Crippen LogP contribution is 2.33. The molecule has 0 heterocycles. The van der Waals surface area contributed by atoms with Crippen molar-refractivity contribution in [1.82, 2.24) is 5.32 Å². The largest absolute Gasteiger partial charge is 0.468 e. The van der Waals surface area contributed by atoms with Crippen molar-refractivity contribution in [2.24, 2.45) is 0 Å². The molecule has 1 N–H and O–H groups in total. The molecule has 1 rings (SSSR count). The average molecular weight is 143 g/mol. The van der Waals surface area contributed by atoms with Gasteiger partial charge in [-0.1, -0.05) is 0 Å². The minimum atomic E-state index is -0.187. The summed E-state index contributed by atoms with van der Waals surface area (Å²) in [6.07, 6.45) is 2.34. The first-order valence-electron chi connectivity index (χ1n) is 3.48. The molecule has 0 amide bonds. The first-order valence-corrected chi connectivity index (χ1v) is 3.48. The average Bonchev–Trinajstić information content (AvgIpc) is 2.64. The van der Waals surface area contributed by atoms with Crippen LogP contribution in [0, 0.1) is 0 Å². The topological polar surface area (TPSA) is 38.3 Å². The van der Waals surface area contributed by atoms with Crippen molar-refractivity contribution in [3.8, 4) is 0 Å². The molecule has 1 aliphatic rings. The number of esters is 1. The van der Waals surface area contributed by atoms with E-state index in [1.807, 2.05) is 0 Å². The van der Waals surface area contributed by atoms with E-state index in [-0.39, 0.29) is 11.5 Å². The third-order valence-corrected chi connectivity index (χ3v) is 1.89. The predicted molar refractivity (Wildman–Crippen MR) is 37.7 cm³/mol. The Hall–Kier alpha value is -0.570. The Morgan fingerprint density at radius 3 is 2.70 bits per heavy atom. The van der Waals surface area contributed by atoms with E-state index in [0.717, 1.165) is 0 Å². The number of carbonyl (C=O) groups excluding carboxylic acids is 1. The molecule has 58 valence electrons. The summed E-state index contributed by atoms with van der Waals surface area (Å²) in [7, 11) is 1.40. The third kappa shape index (κ3) is 1.99. The van der Waals surface area contributed by atoms with Crippen molar-refractivity contribution >= 4 is 5.97 Å². The summed E-state index contributed by atoms with van der Waals surface area (Å²) in [5.74, 6) is -0.187. The van der Waals surface area contributed by atoms with Gasteiger partial charge in [0.1, 0.15) is 0 Å². The molecule has 0 saturated heterocycles. The van der Waals surface area contributed by atoms with E-state index in [9.17, 15) is 4.79 Å². The fourth-order valence-corrected chi connectivity index (χ4v) is 0.722. The first-order chi connectivity index (χ1) is 4.66. The fourth-order valence-electron chi connectivity index (χ4n) is 0.722. The van der Waals surface area contributed by atoms with Crippen molar-refractivity contribution in [2.45, 2.75) is 25.3 Å². The Morgan fingerprint density at radius 1 is 1.70 bits per heavy atom. The van der Waals surface area contributed by atoms with Gasteiger partial charge in [-0.2, -0.15) is 0 Å². The minimum Gasteiger partial charge on any atom is -0.468 e. The Bertz CT molecular complexity index is 141. The van der Waals surface area contributed by atoms with Crippen molar-refractivity contribution in [3.63, 3.8) is 0 Å². The predicted octanol–water partition coefficient (Wildman–Crippen LogP) is 0.301. The third-order valence-electron chi connectivity index (χ3n) is 1.89. The normalized spacial score (nSPS) is 20.2. The van der Waals surface area contributed by atoms with Crippen LogP contribution in [0.2, 0.25) is 0 Å². The molecule has 1 saturated carbocycles. The number of carbonyl (C=O) groups is 1. The van der Waals surface area contributed by atoms with E-state index in [0.29, 0.717) is 6.54 Å². The maximum atomic E-state index is 10.6. The van der Waals surface area contributed by atoms with Gasteiger partial charge in [0.05, 0.1) is 13.7 Å². The van der Waals surface area contributed by atoms with Crippen LogP contribution in [-0.2, 0) is 9.53 Å². The Morgan fingerprint density at radius 2 is 2.30 bits per heavy atom. The molecular weight excluding hydrogens is 130 g/mol. The fraction of sp³-hybridized carbons (Fsp3) is 0.857. The molecule has 0 aromatic heterocycles. The summed E-state index contributed by atoms with van der Waals surface area (Å²) >= 11 is 0. The molecule has 3 heteroatoms. The zero-order valence-corrected chi connectivity index (χ0v) is 6.44. The molecule has 0 radical (unpaired) electrons. The Kier molecular flexibility index (Phi) is 1.94. The Balaban J connectivity index is 2.10. The number of nitrogens with one attached hydrogen (secondary N) is 1. The van der Waals surface area contributed by atoms with Gasteiger partial charge in [-0.3, -0.25) is 4.79 Å². The van der Waals surface area contributed by atoms with E-state index in [2.05, 4.69) is 17.0 Å². The van der Waals surface area contributed by atoms with Crippen LogP contribution >= 0.6 is 0 Å². The van der Waals surface area contributed by atoms with Gasteiger partial charge in [0.15, 0.2) is 0 Å². The summed E-state index contributed by atoms with van der Waals surface area (Å²) in [4.78, 5) is 10.6. The lowest BCUT2D eigenvalue weighted by Gasteiger charge is -2.08. The van der Waals surface area contributed by atoms with Crippen LogP contribution in [0.3, 0.4) is 0 Å². The maximum Gasteiger partial charge on any atom is 0.319 e. The molecule has 0 aliphatic heterocycles. The van der Waals surface area contributed by atoms with Crippen molar-refractivity contribution in [1.29, 1.82) is 0 Å². The summed E-state index contributed by atoms with van der Waals surface area (Å²) in [6, 6.07) is 0. The number of ether oxygens (including phenoxy) is 1. The SMILES string of the molecule is COC(=O)CNC1(C)CC1. The van der Waals surface area contributed by atoms with Gasteiger partial charge in [0, 0.05) is 5.54 Å². The summed E-state index contributed by atoms with van der Waals surface area (Å²) in [5, 5.41) is 3.11. The highest BCUT2D eigenvalue weighted by Gasteiger charge is 2.36. The van der Waals surface area contributed by atoms with Crippen LogP contribution < -0.4 is 5.32 Å². The van der Waals surface area contributed by atoms with Crippen LogP contribution in [0.4, 0.5) is 0 Å². The lowest BCUT2D eigenvalue weighted by atomic mass is 10.3. The number of rotatable bonds is 3. The van der Waals surface area contributed by atoms with E-state index in [4.69, 9.17) is 0 Å². The summed E-state index contributed by atoms with van der Waals surface area (Å²) < 4.78 is 4.47. The van der Waals surface area contributed by atoms with Gasteiger partial charge in [0.25, 0.3) is 0 Å². The van der Waals surface area contributed by atoms with Crippen LogP contribution in [0.25, 0.3) is 0 Å². The van der Waals surface area contributed by atoms with Crippen LogP contribution in [0.15, 0.2) is 0 Å². The smallest absolute Gasteiger partial charge is 0.319 e. The quantitative estimate of drug-likeness (QED) is 0.577. The van der Waals surface area contributed by atoms with Gasteiger partial charge in [-0.25, -0.2) is 0 Å². The van der Waals surface area contributed by atoms with E-state index in [1.54, 1.807) is 0 Å². The van der Waals surface area contributed by atoms with Gasteiger partial charge in [-0.05, 0) is 19.8 Å². The Labute approximate surface area is 60.7 Å². The molecule has 10 heavy (non-hydrogen) atoms. The minimum absolute atomic E-state index is 0.187. The lowest BCUT2D eigenvalue weighted by Crippen LogP contribution is -2.33. The van der Waals surface area contributed by atoms with Crippen molar-refractivity contribution < 1.29 is 9.53 Å². The van der Waals surface area contributed by atoms with E-state index >= 15 is 0 Å². The zero-order valence-electron chi connectivity index (χ0n) is 6.44. The van der Waals surface area contributed by atoms with Gasteiger partial charge in [-0.15, -0.1) is 0 Å². The maximum absolute atomic E-state index is 10.6.